The number of carbonyl (C=O) groups excluding carboxylic acids is 2. The summed E-state index contributed by atoms with van der Waals surface area (Å²) in [5.41, 5.74) is 3.62. The molecule has 0 fully saturated rings. The molecule has 0 bridgehead atoms. The summed E-state index contributed by atoms with van der Waals surface area (Å²) in [6.45, 7) is 3.12. The van der Waals surface area contributed by atoms with Crippen LogP contribution in [0.4, 0.5) is 0 Å². The largest absolute Gasteiger partial charge is 0.454 e. The highest BCUT2D eigenvalue weighted by Gasteiger charge is 2.20. The third kappa shape index (κ3) is 3.83. The van der Waals surface area contributed by atoms with E-state index < -0.39 is 5.97 Å². The molecule has 0 unspecified atom stereocenters. The van der Waals surface area contributed by atoms with Gasteiger partial charge in [0.2, 0.25) is 0 Å². The van der Waals surface area contributed by atoms with Crippen LogP contribution in [0.3, 0.4) is 0 Å². The van der Waals surface area contributed by atoms with Gasteiger partial charge in [0, 0.05) is 11.8 Å². The third-order valence-corrected chi connectivity index (χ3v) is 3.69. The molecule has 0 aliphatic rings. The molecule has 0 atom stereocenters. The molecule has 3 rings (SSSR count). The van der Waals surface area contributed by atoms with Crippen LogP contribution in [0.15, 0.2) is 60.8 Å². The summed E-state index contributed by atoms with van der Waals surface area (Å²) in [4.78, 5) is 23.5. The van der Waals surface area contributed by atoms with E-state index in [-0.39, 0.29) is 12.4 Å². The summed E-state index contributed by atoms with van der Waals surface area (Å²) >= 11 is 0. The average molecular weight is 334 g/mol. The second kappa shape index (κ2) is 7.13. The normalized spacial score (nSPS) is 10.5. The Hall–Kier alpha value is -3.21. The Kier molecular flexibility index (Phi) is 4.75. The van der Waals surface area contributed by atoms with Gasteiger partial charge in [-0.1, -0.05) is 48.0 Å². The lowest BCUT2D eigenvalue weighted by Gasteiger charge is -2.03. The van der Waals surface area contributed by atoms with E-state index in [2.05, 4.69) is 5.10 Å². The minimum Gasteiger partial charge on any atom is -0.454 e. The number of hydrogen-bond donors (Lipinski definition) is 0. The summed E-state index contributed by atoms with van der Waals surface area (Å²) in [6, 6.07) is 17.3. The number of benzene rings is 2. The van der Waals surface area contributed by atoms with E-state index in [0.717, 1.165) is 16.8 Å². The fourth-order valence-corrected chi connectivity index (χ4v) is 2.41. The van der Waals surface area contributed by atoms with Gasteiger partial charge in [0.25, 0.3) is 0 Å². The monoisotopic (exact) mass is 334 g/mol. The van der Waals surface area contributed by atoms with Crippen LogP contribution in [0.2, 0.25) is 0 Å². The lowest BCUT2D eigenvalue weighted by Crippen LogP contribution is -2.11. The van der Waals surface area contributed by atoms with Gasteiger partial charge >= 0.3 is 5.97 Å². The lowest BCUT2D eigenvalue weighted by molar-refractivity contribution is -0.120. The smallest absolute Gasteiger partial charge is 0.342 e. The van der Waals surface area contributed by atoms with Crippen LogP contribution in [-0.2, 0) is 9.53 Å². The maximum absolute atomic E-state index is 12.4. The van der Waals surface area contributed by atoms with Gasteiger partial charge in [0.15, 0.2) is 5.78 Å². The van der Waals surface area contributed by atoms with E-state index >= 15 is 0 Å². The van der Waals surface area contributed by atoms with E-state index in [9.17, 15) is 9.59 Å². The summed E-state index contributed by atoms with van der Waals surface area (Å²) in [6.07, 6.45) is 1.63. The zero-order chi connectivity index (χ0) is 17.8. The molecule has 3 aromatic rings. The Balaban J connectivity index is 2.04. The highest BCUT2D eigenvalue weighted by molar-refractivity contribution is 5.97. The van der Waals surface area contributed by atoms with E-state index in [1.165, 1.54) is 6.92 Å². The standard InChI is InChI=1S/C20H18N2O3/c1-14-8-10-16(11-9-14)19-18(20(24)25-13-15(2)23)12-22(21-19)17-6-4-3-5-7-17/h3-12H,13H2,1-2H3. The molecule has 0 amide bonds. The first-order chi connectivity index (χ1) is 12.0. The first kappa shape index (κ1) is 16.6. The minimum absolute atomic E-state index is 0.208. The van der Waals surface area contributed by atoms with Crippen molar-refractivity contribution in [3.05, 3.63) is 71.9 Å². The fraction of sp³-hybridized carbons (Fsp3) is 0.150. The van der Waals surface area contributed by atoms with Crippen LogP contribution in [0.5, 0.6) is 0 Å². The molecular formula is C20H18N2O3. The van der Waals surface area contributed by atoms with Crippen molar-refractivity contribution in [2.75, 3.05) is 6.61 Å². The summed E-state index contributed by atoms with van der Waals surface area (Å²) < 4.78 is 6.72. The molecule has 0 aliphatic heterocycles. The number of ether oxygens (including phenoxy) is 1. The first-order valence-electron chi connectivity index (χ1n) is 7.93. The molecule has 1 heterocycles. The van der Waals surface area contributed by atoms with Crippen LogP contribution in [-0.4, -0.2) is 28.1 Å². The van der Waals surface area contributed by atoms with Gasteiger partial charge in [-0.25, -0.2) is 9.48 Å². The van der Waals surface area contributed by atoms with E-state index in [1.807, 2.05) is 61.5 Å². The maximum atomic E-state index is 12.4. The summed E-state index contributed by atoms with van der Waals surface area (Å²) in [5.74, 6) is -0.770. The van der Waals surface area contributed by atoms with Crippen LogP contribution < -0.4 is 0 Å². The van der Waals surface area contributed by atoms with Crippen molar-refractivity contribution in [2.24, 2.45) is 0 Å². The molecule has 0 spiro atoms. The number of esters is 1. The molecular weight excluding hydrogens is 316 g/mol. The maximum Gasteiger partial charge on any atom is 0.342 e. The Morgan fingerprint density at radius 2 is 1.72 bits per heavy atom. The van der Waals surface area contributed by atoms with Crippen LogP contribution in [0.1, 0.15) is 22.8 Å². The van der Waals surface area contributed by atoms with Crippen molar-refractivity contribution in [1.29, 1.82) is 0 Å². The van der Waals surface area contributed by atoms with E-state index in [0.29, 0.717) is 11.3 Å². The number of aromatic nitrogens is 2. The van der Waals surface area contributed by atoms with E-state index in [4.69, 9.17) is 4.74 Å². The zero-order valence-corrected chi connectivity index (χ0v) is 14.1. The first-order valence-corrected chi connectivity index (χ1v) is 7.93. The number of aryl methyl sites for hydroxylation is 1. The number of hydrogen-bond acceptors (Lipinski definition) is 4. The van der Waals surface area contributed by atoms with Crippen molar-refractivity contribution < 1.29 is 14.3 Å². The molecule has 0 aliphatic carbocycles. The molecule has 25 heavy (non-hydrogen) atoms. The van der Waals surface area contributed by atoms with Gasteiger partial charge in [-0.3, -0.25) is 4.79 Å². The average Bonchev–Trinajstić information content (AvgIpc) is 3.06. The molecule has 2 aromatic carbocycles. The SMILES string of the molecule is CC(=O)COC(=O)c1cn(-c2ccccc2)nc1-c1ccc(C)cc1. The Labute approximate surface area is 145 Å². The molecule has 0 saturated heterocycles. The number of Topliss-reactive ketones (excluding diaryl/α,β-unsaturated/α-hetero) is 1. The minimum atomic E-state index is -0.562. The molecule has 5 heteroatoms. The van der Waals surface area contributed by atoms with Crippen LogP contribution in [0.25, 0.3) is 16.9 Å². The molecule has 5 nitrogen and oxygen atoms in total. The molecule has 0 radical (unpaired) electrons. The summed E-state index contributed by atoms with van der Waals surface area (Å²) in [5, 5.41) is 4.56. The molecule has 1 aromatic heterocycles. The van der Waals surface area contributed by atoms with Gasteiger partial charge in [0.05, 0.1) is 5.69 Å². The number of rotatable bonds is 5. The number of nitrogens with zero attached hydrogens (tertiary/aromatic N) is 2. The Morgan fingerprint density at radius 1 is 1.04 bits per heavy atom. The second-order valence-corrected chi connectivity index (χ2v) is 5.82. The predicted octanol–water partition coefficient (Wildman–Crippen LogP) is 3.59. The van der Waals surface area contributed by atoms with Crippen molar-refractivity contribution >= 4 is 11.8 Å². The Bertz CT molecular complexity index is 896. The zero-order valence-electron chi connectivity index (χ0n) is 14.1. The molecule has 0 N–H and O–H groups in total. The summed E-state index contributed by atoms with van der Waals surface area (Å²) in [7, 11) is 0. The highest BCUT2D eigenvalue weighted by atomic mass is 16.5. The predicted molar refractivity (Wildman–Crippen MR) is 94.7 cm³/mol. The molecule has 0 saturated carbocycles. The highest BCUT2D eigenvalue weighted by Crippen LogP contribution is 2.25. The lowest BCUT2D eigenvalue weighted by atomic mass is 10.1. The second-order valence-electron chi connectivity index (χ2n) is 5.82. The van der Waals surface area contributed by atoms with Gasteiger partial charge < -0.3 is 4.74 Å². The van der Waals surface area contributed by atoms with Crippen molar-refractivity contribution in [1.82, 2.24) is 9.78 Å². The number of carbonyl (C=O) groups is 2. The van der Waals surface area contributed by atoms with Gasteiger partial charge in [0.1, 0.15) is 17.9 Å². The van der Waals surface area contributed by atoms with Crippen LogP contribution >= 0.6 is 0 Å². The van der Waals surface area contributed by atoms with Crippen molar-refractivity contribution in [3.8, 4) is 16.9 Å². The Morgan fingerprint density at radius 3 is 2.36 bits per heavy atom. The van der Waals surface area contributed by atoms with Crippen molar-refractivity contribution in [2.45, 2.75) is 13.8 Å². The van der Waals surface area contributed by atoms with Gasteiger partial charge in [-0.05, 0) is 26.0 Å². The van der Waals surface area contributed by atoms with Crippen LogP contribution in [0, 0.1) is 6.92 Å². The van der Waals surface area contributed by atoms with E-state index in [1.54, 1.807) is 10.9 Å². The number of para-hydroxylation sites is 1. The van der Waals surface area contributed by atoms with Gasteiger partial charge in [-0.2, -0.15) is 5.10 Å². The van der Waals surface area contributed by atoms with Crippen molar-refractivity contribution in [3.63, 3.8) is 0 Å². The quantitative estimate of drug-likeness (QED) is 0.669. The molecule has 126 valence electrons. The number of ketones is 1. The van der Waals surface area contributed by atoms with Gasteiger partial charge in [-0.15, -0.1) is 0 Å². The fourth-order valence-electron chi connectivity index (χ4n) is 2.41. The topological polar surface area (TPSA) is 61.2 Å². The third-order valence-electron chi connectivity index (χ3n) is 3.69.